The summed E-state index contributed by atoms with van der Waals surface area (Å²) in [7, 11) is 0. The molecule has 0 bridgehead atoms. The minimum absolute atomic E-state index is 0.275. The van der Waals surface area contributed by atoms with Gasteiger partial charge in [-0.05, 0) is 39.5 Å². The van der Waals surface area contributed by atoms with Crippen LogP contribution in [0.5, 0.6) is 0 Å². The molecule has 0 radical (unpaired) electrons. The molecule has 1 aliphatic rings. The largest absolute Gasteiger partial charge is 0.444 e. The number of alkyl carbamates (subject to hydrolysis) is 1. The van der Waals surface area contributed by atoms with Gasteiger partial charge in [0, 0.05) is 13.1 Å². The van der Waals surface area contributed by atoms with Gasteiger partial charge in [-0.25, -0.2) is 4.79 Å². The third-order valence-electron chi connectivity index (χ3n) is 2.94. The van der Waals surface area contributed by atoms with E-state index in [4.69, 9.17) is 10.5 Å². The van der Waals surface area contributed by atoms with E-state index < -0.39 is 11.7 Å². The van der Waals surface area contributed by atoms with Crippen molar-refractivity contribution < 1.29 is 9.53 Å². The molecule has 20 heavy (non-hydrogen) atoms. The Hall–Kier alpha value is -1.63. The summed E-state index contributed by atoms with van der Waals surface area (Å²) in [4.78, 5) is 11.5. The lowest BCUT2D eigenvalue weighted by molar-refractivity contribution is 0.0524. The molecule has 1 aliphatic carbocycles. The predicted octanol–water partition coefficient (Wildman–Crippen LogP) is 1.21. The quantitative estimate of drug-likeness (QED) is 0.846. The van der Waals surface area contributed by atoms with Gasteiger partial charge in [-0.2, -0.15) is 0 Å². The zero-order valence-corrected chi connectivity index (χ0v) is 12.3. The molecule has 1 unspecified atom stereocenters. The summed E-state index contributed by atoms with van der Waals surface area (Å²) in [5, 5.41) is 10.7. The molecule has 2 rings (SSSR count). The lowest BCUT2D eigenvalue weighted by Crippen LogP contribution is -2.36. The first kappa shape index (κ1) is 14.8. The monoisotopic (exact) mass is 281 g/mol. The van der Waals surface area contributed by atoms with E-state index in [1.54, 1.807) is 0 Å². The van der Waals surface area contributed by atoms with Crippen LogP contribution in [-0.4, -0.2) is 33.2 Å². The highest BCUT2D eigenvalue weighted by atomic mass is 16.6. The minimum atomic E-state index is -0.512. The Morgan fingerprint density at radius 3 is 2.90 bits per heavy atom. The Morgan fingerprint density at radius 2 is 2.30 bits per heavy atom. The fraction of sp³-hybridized carbons (Fsp3) is 0.769. The lowest BCUT2D eigenvalue weighted by atomic mass is 10.2. The lowest BCUT2D eigenvalue weighted by Gasteiger charge is -2.20. The van der Waals surface area contributed by atoms with Crippen LogP contribution in [-0.2, 0) is 11.3 Å². The van der Waals surface area contributed by atoms with Crippen molar-refractivity contribution in [2.24, 2.45) is 11.7 Å². The normalized spacial score (nSPS) is 16.8. The summed E-state index contributed by atoms with van der Waals surface area (Å²) in [6.07, 6.45) is 3.90. The van der Waals surface area contributed by atoms with Crippen LogP contribution in [0.4, 0.5) is 4.79 Å². The van der Waals surface area contributed by atoms with Crippen molar-refractivity contribution in [3.05, 3.63) is 11.9 Å². The Morgan fingerprint density at radius 1 is 1.60 bits per heavy atom. The molecular weight excluding hydrogens is 258 g/mol. The highest BCUT2D eigenvalue weighted by Gasteiger charge is 2.23. The van der Waals surface area contributed by atoms with Gasteiger partial charge in [0.2, 0.25) is 0 Å². The van der Waals surface area contributed by atoms with Crippen molar-refractivity contribution in [3.8, 4) is 0 Å². The molecule has 0 spiro atoms. The van der Waals surface area contributed by atoms with Crippen LogP contribution in [0, 0.1) is 5.92 Å². The minimum Gasteiger partial charge on any atom is -0.444 e. The maximum absolute atomic E-state index is 11.5. The van der Waals surface area contributed by atoms with E-state index in [1.807, 2.05) is 31.6 Å². The third-order valence-corrected chi connectivity index (χ3v) is 2.94. The van der Waals surface area contributed by atoms with Crippen LogP contribution < -0.4 is 11.1 Å². The van der Waals surface area contributed by atoms with E-state index >= 15 is 0 Å². The fourth-order valence-electron chi connectivity index (χ4n) is 1.75. The van der Waals surface area contributed by atoms with Crippen LogP contribution in [0.3, 0.4) is 0 Å². The molecule has 7 nitrogen and oxygen atoms in total. The summed E-state index contributed by atoms with van der Waals surface area (Å²) in [6.45, 7) is 6.62. The van der Waals surface area contributed by atoms with E-state index in [0.29, 0.717) is 5.69 Å². The summed E-state index contributed by atoms with van der Waals surface area (Å²) < 4.78 is 6.96. The van der Waals surface area contributed by atoms with Crippen molar-refractivity contribution in [2.45, 2.75) is 51.8 Å². The standard InChI is InChI=1S/C13H23N5O2/c1-13(2,3)20-12(19)15-6-10(14)11-8-18(17-16-11)7-9-4-5-9/h8-10H,4-7,14H2,1-3H3,(H,15,19). The molecule has 7 heteroatoms. The van der Waals surface area contributed by atoms with Crippen molar-refractivity contribution in [3.63, 3.8) is 0 Å². The zero-order valence-electron chi connectivity index (χ0n) is 12.3. The number of aromatic nitrogens is 3. The number of hydrogen-bond donors (Lipinski definition) is 2. The average Bonchev–Trinajstić information content (AvgIpc) is 3.00. The molecule has 1 saturated carbocycles. The maximum Gasteiger partial charge on any atom is 0.407 e. The first-order chi connectivity index (χ1) is 9.33. The van der Waals surface area contributed by atoms with Gasteiger partial charge in [0.05, 0.1) is 12.2 Å². The number of nitrogens with zero attached hydrogens (tertiary/aromatic N) is 3. The first-order valence-corrected chi connectivity index (χ1v) is 6.96. The van der Waals surface area contributed by atoms with Crippen molar-refractivity contribution >= 4 is 6.09 Å². The van der Waals surface area contributed by atoms with Gasteiger partial charge < -0.3 is 15.8 Å². The molecule has 1 atom stereocenters. The van der Waals surface area contributed by atoms with Gasteiger partial charge in [-0.15, -0.1) is 5.10 Å². The second kappa shape index (κ2) is 5.78. The van der Waals surface area contributed by atoms with Crippen LogP contribution in [0.15, 0.2) is 6.20 Å². The summed E-state index contributed by atoms with van der Waals surface area (Å²) in [5.74, 6) is 0.737. The number of ether oxygens (including phenoxy) is 1. The van der Waals surface area contributed by atoms with E-state index in [9.17, 15) is 4.79 Å². The highest BCUT2D eigenvalue weighted by molar-refractivity contribution is 5.67. The van der Waals surface area contributed by atoms with Gasteiger partial charge in [-0.3, -0.25) is 4.68 Å². The highest BCUT2D eigenvalue weighted by Crippen LogP contribution is 2.30. The number of carbonyl (C=O) groups excluding carboxylic acids is 1. The second-order valence-corrected chi connectivity index (χ2v) is 6.30. The maximum atomic E-state index is 11.5. The number of amides is 1. The van der Waals surface area contributed by atoms with E-state index in [1.165, 1.54) is 12.8 Å². The summed E-state index contributed by atoms with van der Waals surface area (Å²) in [6, 6.07) is -0.379. The van der Waals surface area contributed by atoms with Crippen LogP contribution in [0.2, 0.25) is 0 Å². The van der Waals surface area contributed by atoms with Gasteiger partial charge in [0.25, 0.3) is 0 Å². The van der Waals surface area contributed by atoms with Gasteiger partial charge in [0.1, 0.15) is 11.3 Å². The topological polar surface area (TPSA) is 95.1 Å². The Balaban J connectivity index is 1.77. The molecular formula is C13H23N5O2. The Labute approximate surface area is 118 Å². The van der Waals surface area contributed by atoms with E-state index in [2.05, 4.69) is 15.6 Å². The third kappa shape index (κ3) is 4.80. The van der Waals surface area contributed by atoms with Gasteiger partial charge >= 0.3 is 6.09 Å². The number of rotatable bonds is 5. The van der Waals surface area contributed by atoms with Crippen LogP contribution in [0.1, 0.15) is 45.3 Å². The number of carbonyl (C=O) groups is 1. The van der Waals surface area contributed by atoms with Gasteiger partial charge in [-0.1, -0.05) is 5.21 Å². The molecule has 1 aromatic heterocycles. The SMILES string of the molecule is CC(C)(C)OC(=O)NCC(N)c1cn(CC2CC2)nn1. The van der Waals surface area contributed by atoms with Crippen LogP contribution in [0.25, 0.3) is 0 Å². The van der Waals surface area contributed by atoms with Crippen molar-refractivity contribution in [2.75, 3.05) is 6.54 Å². The summed E-state index contributed by atoms with van der Waals surface area (Å²) >= 11 is 0. The molecule has 0 aromatic carbocycles. The van der Waals surface area contributed by atoms with E-state index in [-0.39, 0.29) is 12.6 Å². The second-order valence-electron chi connectivity index (χ2n) is 6.30. The zero-order chi connectivity index (χ0) is 14.8. The van der Waals surface area contributed by atoms with Crippen LogP contribution >= 0.6 is 0 Å². The van der Waals surface area contributed by atoms with Crippen molar-refractivity contribution in [1.82, 2.24) is 20.3 Å². The van der Waals surface area contributed by atoms with Crippen molar-refractivity contribution in [1.29, 1.82) is 0 Å². The fourth-order valence-corrected chi connectivity index (χ4v) is 1.75. The Kier molecular flexibility index (Phi) is 4.27. The predicted molar refractivity (Wildman–Crippen MR) is 73.9 cm³/mol. The summed E-state index contributed by atoms with van der Waals surface area (Å²) in [5.41, 5.74) is 6.15. The molecule has 0 saturated heterocycles. The smallest absolute Gasteiger partial charge is 0.407 e. The number of nitrogens with one attached hydrogen (secondary N) is 1. The average molecular weight is 281 g/mol. The molecule has 1 fully saturated rings. The first-order valence-electron chi connectivity index (χ1n) is 6.96. The number of nitrogens with two attached hydrogens (primary N) is 1. The van der Waals surface area contributed by atoms with E-state index in [0.717, 1.165) is 12.5 Å². The molecule has 0 aliphatic heterocycles. The molecule has 1 aromatic rings. The number of hydrogen-bond acceptors (Lipinski definition) is 5. The molecule has 1 amide bonds. The van der Waals surface area contributed by atoms with Gasteiger partial charge in [0.15, 0.2) is 0 Å². The molecule has 1 heterocycles. The molecule has 112 valence electrons. The Bertz CT molecular complexity index is 462. The molecule has 3 N–H and O–H groups in total.